The average molecular weight is 270 g/mol. The fourth-order valence-corrected chi connectivity index (χ4v) is 2.21. The van der Waals surface area contributed by atoms with Gasteiger partial charge in [-0.1, -0.05) is 42.5 Å². The molecule has 106 valence electrons. The topological polar surface area (TPSA) is 29.5 Å². The molecule has 2 rings (SSSR count). The molecule has 2 aromatic carbocycles. The normalized spacial score (nSPS) is 12.2. The minimum atomic E-state index is -0.500. The van der Waals surface area contributed by atoms with Crippen LogP contribution in [-0.2, 0) is 6.42 Å². The molecule has 0 heterocycles. The number of benzene rings is 2. The van der Waals surface area contributed by atoms with Crippen molar-refractivity contribution in [2.45, 2.75) is 32.8 Å². The van der Waals surface area contributed by atoms with Crippen molar-refractivity contribution in [1.29, 1.82) is 0 Å². The molecule has 0 fully saturated rings. The summed E-state index contributed by atoms with van der Waals surface area (Å²) in [5, 5.41) is 9.75. The van der Waals surface area contributed by atoms with E-state index in [0.717, 1.165) is 29.7 Å². The van der Waals surface area contributed by atoms with Crippen molar-refractivity contribution in [3.63, 3.8) is 0 Å². The van der Waals surface area contributed by atoms with Gasteiger partial charge in [-0.3, -0.25) is 0 Å². The average Bonchev–Trinajstić information content (AvgIpc) is 2.44. The minimum Gasteiger partial charge on any atom is -0.493 e. The Balaban J connectivity index is 1.89. The van der Waals surface area contributed by atoms with Crippen LogP contribution in [-0.4, -0.2) is 11.7 Å². The molecule has 2 heteroatoms. The number of rotatable bonds is 6. The van der Waals surface area contributed by atoms with Crippen molar-refractivity contribution in [2.24, 2.45) is 0 Å². The van der Waals surface area contributed by atoms with Gasteiger partial charge in [-0.25, -0.2) is 0 Å². The summed E-state index contributed by atoms with van der Waals surface area (Å²) < 4.78 is 5.84. The molecule has 1 N–H and O–H groups in total. The summed E-state index contributed by atoms with van der Waals surface area (Å²) in [4.78, 5) is 0. The van der Waals surface area contributed by atoms with E-state index in [1.807, 2.05) is 31.2 Å². The van der Waals surface area contributed by atoms with Gasteiger partial charge in [0.15, 0.2) is 0 Å². The first-order chi connectivity index (χ1) is 9.66. The molecular formula is C18H22O2. The standard InChI is InChI=1S/C18H22O2/c1-14-10-11-17(15(2)19)18(13-14)20-12-6-9-16-7-4-3-5-8-16/h3-5,7-8,10-11,13,15,19H,6,9,12H2,1-2H3/t15-/m1/s1. The Labute approximate surface area is 121 Å². The van der Waals surface area contributed by atoms with Crippen LogP contribution in [0, 0.1) is 6.92 Å². The Kier molecular flexibility index (Phi) is 5.19. The molecule has 0 amide bonds. The maximum absolute atomic E-state index is 9.75. The Hall–Kier alpha value is -1.80. The van der Waals surface area contributed by atoms with Gasteiger partial charge in [0.25, 0.3) is 0 Å². The number of ether oxygens (including phenoxy) is 1. The van der Waals surface area contributed by atoms with Gasteiger partial charge in [0.05, 0.1) is 12.7 Å². The first kappa shape index (κ1) is 14.6. The zero-order valence-corrected chi connectivity index (χ0v) is 12.2. The van der Waals surface area contributed by atoms with Crippen molar-refractivity contribution in [3.05, 3.63) is 65.2 Å². The molecule has 0 aliphatic rings. The Morgan fingerprint density at radius 2 is 1.85 bits per heavy atom. The molecule has 0 radical (unpaired) electrons. The van der Waals surface area contributed by atoms with Crippen molar-refractivity contribution >= 4 is 0 Å². The number of hydrogen-bond acceptors (Lipinski definition) is 2. The van der Waals surface area contributed by atoms with Gasteiger partial charge in [-0.15, -0.1) is 0 Å². The van der Waals surface area contributed by atoms with Crippen molar-refractivity contribution in [3.8, 4) is 5.75 Å². The second kappa shape index (κ2) is 7.11. The third-order valence-electron chi connectivity index (χ3n) is 3.33. The van der Waals surface area contributed by atoms with E-state index in [1.54, 1.807) is 6.92 Å². The molecule has 2 nitrogen and oxygen atoms in total. The molecule has 0 aliphatic heterocycles. The van der Waals surface area contributed by atoms with Crippen molar-refractivity contribution < 1.29 is 9.84 Å². The summed E-state index contributed by atoms with van der Waals surface area (Å²) >= 11 is 0. The largest absolute Gasteiger partial charge is 0.493 e. The lowest BCUT2D eigenvalue weighted by Gasteiger charge is -2.14. The zero-order chi connectivity index (χ0) is 14.4. The number of aryl methyl sites for hydroxylation is 2. The smallest absolute Gasteiger partial charge is 0.125 e. The molecule has 0 bridgehead atoms. The number of aliphatic hydroxyl groups excluding tert-OH is 1. The highest BCUT2D eigenvalue weighted by molar-refractivity contribution is 5.38. The van der Waals surface area contributed by atoms with Gasteiger partial charge >= 0.3 is 0 Å². The highest BCUT2D eigenvalue weighted by Gasteiger charge is 2.09. The molecule has 0 spiro atoms. The van der Waals surface area contributed by atoms with E-state index in [2.05, 4.69) is 24.3 Å². The van der Waals surface area contributed by atoms with Crippen LogP contribution in [0.1, 0.15) is 36.1 Å². The third kappa shape index (κ3) is 4.10. The molecule has 1 atom stereocenters. The quantitative estimate of drug-likeness (QED) is 0.802. The third-order valence-corrected chi connectivity index (χ3v) is 3.33. The van der Waals surface area contributed by atoms with Crippen molar-refractivity contribution in [2.75, 3.05) is 6.61 Å². The zero-order valence-electron chi connectivity index (χ0n) is 12.2. The Bertz CT molecular complexity index is 532. The van der Waals surface area contributed by atoms with E-state index in [1.165, 1.54) is 5.56 Å². The first-order valence-electron chi connectivity index (χ1n) is 7.12. The molecule has 0 saturated carbocycles. The van der Waals surface area contributed by atoms with Crippen LogP contribution < -0.4 is 4.74 Å². The second-order valence-electron chi connectivity index (χ2n) is 5.15. The van der Waals surface area contributed by atoms with Crippen LogP contribution in [0.3, 0.4) is 0 Å². The van der Waals surface area contributed by atoms with E-state index < -0.39 is 6.10 Å². The van der Waals surface area contributed by atoms with Crippen LogP contribution in [0.4, 0.5) is 0 Å². The van der Waals surface area contributed by atoms with Crippen LogP contribution in [0.15, 0.2) is 48.5 Å². The minimum absolute atomic E-state index is 0.500. The van der Waals surface area contributed by atoms with E-state index in [0.29, 0.717) is 6.61 Å². The Morgan fingerprint density at radius 3 is 2.55 bits per heavy atom. The summed E-state index contributed by atoms with van der Waals surface area (Å²) in [5.74, 6) is 0.799. The highest BCUT2D eigenvalue weighted by Crippen LogP contribution is 2.26. The lowest BCUT2D eigenvalue weighted by Crippen LogP contribution is -2.03. The summed E-state index contributed by atoms with van der Waals surface area (Å²) in [6.45, 7) is 4.46. The van der Waals surface area contributed by atoms with Gasteiger partial charge < -0.3 is 9.84 Å². The van der Waals surface area contributed by atoms with E-state index >= 15 is 0 Å². The van der Waals surface area contributed by atoms with Crippen molar-refractivity contribution in [1.82, 2.24) is 0 Å². The highest BCUT2D eigenvalue weighted by atomic mass is 16.5. The number of hydrogen-bond donors (Lipinski definition) is 1. The first-order valence-corrected chi connectivity index (χ1v) is 7.12. The van der Waals surface area contributed by atoms with Crippen LogP contribution in [0.25, 0.3) is 0 Å². The predicted molar refractivity (Wildman–Crippen MR) is 82.1 cm³/mol. The molecule has 0 unspecified atom stereocenters. The van der Waals surface area contributed by atoms with Gasteiger partial charge in [-0.2, -0.15) is 0 Å². The SMILES string of the molecule is Cc1ccc([C@@H](C)O)c(OCCCc2ccccc2)c1. The van der Waals surface area contributed by atoms with E-state index in [4.69, 9.17) is 4.74 Å². The predicted octanol–water partition coefficient (Wildman–Crippen LogP) is 4.06. The second-order valence-corrected chi connectivity index (χ2v) is 5.15. The fourth-order valence-electron chi connectivity index (χ4n) is 2.21. The van der Waals surface area contributed by atoms with Gasteiger partial charge in [0.1, 0.15) is 5.75 Å². The number of aliphatic hydroxyl groups is 1. The summed E-state index contributed by atoms with van der Waals surface area (Å²) in [7, 11) is 0. The van der Waals surface area contributed by atoms with Gasteiger partial charge in [0.2, 0.25) is 0 Å². The van der Waals surface area contributed by atoms with Crippen LogP contribution in [0.2, 0.25) is 0 Å². The maximum atomic E-state index is 9.75. The van der Waals surface area contributed by atoms with Gasteiger partial charge in [-0.05, 0) is 43.9 Å². The Morgan fingerprint density at radius 1 is 1.10 bits per heavy atom. The summed E-state index contributed by atoms with van der Waals surface area (Å²) in [5.41, 5.74) is 3.33. The monoisotopic (exact) mass is 270 g/mol. The molecule has 0 saturated heterocycles. The molecule has 20 heavy (non-hydrogen) atoms. The molecule has 0 aromatic heterocycles. The summed E-state index contributed by atoms with van der Waals surface area (Å²) in [6, 6.07) is 16.3. The lowest BCUT2D eigenvalue weighted by atomic mass is 10.1. The lowest BCUT2D eigenvalue weighted by molar-refractivity contribution is 0.191. The molecule has 0 aliphatic carbocycles. The maximum Gasteiger partial charge on any atom is 0.125 e. The molecular weight excluding hydrogens is 248 g/mol. The summed E-state index contributed by atoms with van der Waals surface area (Å²) in [6.07, 6.45) is 1.48. The fraction of sp³-hybridized carbons (Fsp3) is 0.333. The van der Waals surface area contributed by atoms with Gasteiger partial charge in [0, 0.05) is 5.56 Å². The van der Waals surface area contributed by atoms with E-state index in [-0.39, 0.29) is 0 Å². The molecule has 2 aromatic rings. The van der Waals surface area contributed by atoms with E-state index in [9.17, 15) is 5.11 Å². The van der Waals surface area contributed by atoms with Crippen LogP contribution in [0.5, 0.6) is 5.75 Å². The van der Waals surface area contributed by atoms with Crippen LogP contribution >= 0.6 is 0 Å².